The van der Waals surface area contributed by atoms with Gasteiger partial charge in [-0.2, -0.15) is 0 Å². The summed E-state index contributed by atoms with van der Waals surface area (Å²) in [6, 6.07) is 0.825. The second kappa shape index (κ2) is 6.28. The second-order valence-corrected chi connectivity index (χ2v) is 8.58. The lowest BCUT2D eigenvalue weighted by atomic mass is 9.67. The van der Waals surface area contributed by atoms with E-state index in [0.717, 1.165) is 25.8 Å². The molecule has 0 aromatic heterocycles. The Labute approximate surface area is 130 Å². The second-order valence-electron chi connectivity index (χ2n) is 8.58. The maximum atomic E-state index is 11.7. The minimum Gasteiger partial charge on any atom is -0.481 e. The Bertz CT molecular complexity index is 372. The number of likely N-dealkylation sites (tertiary alicyclic amines) is 1. The van der Waals surface area contributed by atoms with Crippen LogP contribution in [0.5, 0.6) is 0 Å². The van der Waals surface area contributed by atoms with Crippen LogP contribution in [0.4, 0.5) is 0 Å². The number of carboxylic acid groups (broad SMARTS) is 1. The van der Waals surface area contributed by atoms with Crippen molar-refractivity contribution in [1.82, 2.24) is 4.90 Å². The van der Waals surface area contributed by atoms with Gasteiger partial charge in [0.1, 0.15) is 0 Å². The molecular weight excluding hydrogens is 262 g/mol. The fourth-order valence-corrected chi connectivity index (χ4v) is 4.53. The smallest absolute Gasteiger partial charge is 0.308 e. The number of hydrogen-bond donors (Lipinski definition) is 1. The lowest BCUT2D eigenvalue weighted by Crippen LogP contribution is -2.51. The molecule has 0 aromatic carbocycles. The van der Waals surface area contributed by atoms with E-state index in [1.165, 1.54) is 12.8 Å². The van der Waals surface area contributed by atoms with Gasteiger partial charge in [-0.1, -0.05) is 34.6 Å². The number of nitrogens with zero attached hydrogens (tertiary/aromatic N) is 1. The van der Waals surface area contributed by atoms with Crippen LogP contribution in [0.1, 0.15) is 66.7 Å². The van der Waals surface area contributed by atoms with Gasteiger partial charge in [-0.25, -0.2) is 0 Å². The van der Waals surface area contributed by atoms with E-state index in [-0.39, 0.29) is 17.4 Å². The van der Waals surface area contributed by atoms with Gasteiger partial charge in [-0.05, 0) is 55.9 Å². The summed E-state index contributed by atoms with van der Waals surface area (Å²) in [6.07, 6.45) is 5.44. The quantitative estimate of drug-likeness (QED) is 0.855. The van der Waals surface area contributed by atoms with Crippen molar-refractivity contribution in [3.63, 3.8) is 0 Å². The largest absolute Gasteiger partial charge is 0.481 e. The standard InChI is InChI=1S/C18H33NO2/c1-12(2)15-7-6-10-19(15)16-11-13(18(3,4)5)8-9-14(16)17(20)21/h12-16H,6-11H2,1-5H3,(H,20,21). The SMILES string of the molecule is CC(C)C1CCCN1C1CC(C(C)(C)C)CCC1C(=O)O. The van der Waals surface area contributed by atoms with E-state index in [4.69, 9.17) is 0 Å². The Balaban J connectivity index is 2.20. The first-order valence-electron chi connectivity index (χ1n) is 8.70. The molecule has 0 spiro atoms. The molecule has 0 radical (unpaired) electrons. The van der Waals surface area contributed by atoms with Crippen LogP contribution >= 0.6 is 0 Å². The predicted molar refractivity (Wildman–Crippen MR) is 86.3 cm³/mol. The highest BCUT2D eigenvalue weighted by atomic mass is 16.4. The van der Waals surface area contributed by atoms with Crippen molar-refractivity contribution in [2.45, 2.75) is 78.8 Å². The fourth-order valence-electron chi connectivity index (χ4n) is 4.53. The highest BCUT2D eigenvalue weighted by molar-refractivity contribution is 5.71. The summed E-state index contributed by atoms with van der Waals surface area (Å²) in [5.41, 5.74) is 0.286. The Morgan fingerprint density at radius 2 is 1.86 bits per heavy atom. The van der Waals surface area contributed by atoms with Crippen LogP contribution in [0.2, 0.25) is 0 Å². The normalized spacial score (nSPS) is 35.3. The molecule has 1 saturated carbocycles. The van der Waals surface area contributed by atoms with E-state index in [2.05, 4.69) is 39.5 Å². The zero-order chi connectivity index (χ0) is 15.8. The minimum atomic E-state index is -0.582. The molecular formula is C18H33NO2. The van der Waals surface area contributed by atoms with Gasteiger partial charge in [0.05, 0.1) is 5.92 Å². The van der Waals surface area contributed by atoms with E-state index < -0.39 is 5.97 Å². The summed E-state index contributed by atoms with van der Waals surface area (Å²) in [5.74, 6) is 0.521. The molecule has 0 aromatic rings. The van der Waals surface area contributed by atoms with Crippen LogP contribution in [0.3, 0.4) is 0 Å². The highest BCUT2D eigenvalue weighted by Crippen LogP contribution is 2.43. The Hall–Kier alpha value is -0.570. The van der Waals surface area contributed by atoms with Gasteiger partial charge in [-0.3, -0.25) is 9.69 Å². The van der Waals surface area contributed by atoms with Crippen LogP contribution < -0.4 is 0 Å². The van der Waals surface area contributed by atoms with Gasteiger partial charge in [0.2, 0.25) is 0 Å². The van der Waals surface area contributed by atoms with Crippen LogP contribution in [0.15, 0.2) is 0 Å². The van der Waals surface area contributed by atoms with Crippen molar-refractivity contribution in [2.24, 2.45) is 23.2 Å². The van der Waals surface area contributed by atoms with Crippen molar-refractivity contribution in [3.8, 4) is 0 Å². The molecule has 1 heterocycles. The summed E-state index contributed by atoms with van der Waals surface area (Å²) in [7, 11) is 0. The molecule has 1 aliphatic heterocycles. The van der Waals surface area contributed by atoms with Gasteiger partial charge in [0.15, 0.2) is 0 Å². The average Bonchev–Trinajstić information content (AvgIpc) is 2.85. The van der Waals surface area contributed by atoms with Crippen LogP contribution in [-0.2, 0) is 4.79 Å². The monoisotopic (exact) mass is 295 g/mol. The van der Waals surface area contributed by atoms with Crippen molar-refractivity contribution >= 4 is 5.97 Å². The van der Waals surface area contributed by atoms with E-state index in [9.17, 15) is 9.90 Å². The lowest BCUT2D eigenvalue weighted by molar-refractivity contribution is -0.147. The number of rotatable bonds is 3. The fraction of sp³-hybridized carbons (Fsp3) is 0.944. The molecule has 1 aliphatic carbocycles. The zero-order valence-electron chi connectivity index (χ0n) is 14.4. The van der Waals surface area contributed by atoms with Gasteiger partial charge in [0, 0.05) is 12.1 Å². The number of aliphatic carboxylic acids is 1. The van der Waals surface area contributed by atoms with E-state index in [0.29, 0.717) is 17.9 Å². The van der Waals surface area contributed by atoms with Gasteiger partial charge < -0.3 is 5.11 Å². The maximum absolute atomic E-state index is 11.7. The van der Waals surface area contributed by atoms with E-state index >= 15 is 0 Å². The lowest BCUT2D eigenvalue weighted by Gasteiger charge is -2.46. The summed E-state index contributed by atoms with van der Waals surface area (Å²) >= 11 is 0. The molecule has 2 rings (SSSR count). The van der Waals surface area contributed by atoms with Crippen LogP contribution in [-0.4, -0.2) is 34.6 Å². The molecule has 4 unspecified atom stereocenters. The van der Waals surface area contributed by atoms with Crippen LogP contribution in [0, 0.1) is 23.2 Å². The third-order valence-corrected chi connectivity index (χ3v) is 5.90. The van der Waals surface area contributed by atoms with Gasteiger partial charge in [0.25, 0.3) is 0 Å². The zero-order valence-corrected chi connectivity index (χ0v) is 14.4. The molecule has 4 atom stereocenters. The van der Waals surface area contributed by atoms with Gasteiger partial charge >= 0.3 is 5.97 Å². The molecule has 0 bridgehead atoms. The molecule has 0 amide bonds. The summed E-state index contributed by atoms with van der Waals surface area (Å²) in [4.78, 5) is 14.3. The number of hydrogen-bond acceptors (Lipinski definition) is 2. The number of carbonyl (C=O) groups is 1. The van der Waals surface area contributed by atoms with Gasteiger partial charge in [-0.15, -0.1) is 0 Å². The molecule has 2 fully saturated rings. The first kappa shape index (κ1) is 16.8. The molecule has 2 aliphatic rings. The summed E-state index contributed by atoms with van der Waals surface area (Å²) < 4.78 is 0. The van der Waals surface area contributed by atoms with E-state index in [1.54, 1.807) is 0 Å². The Morgan fingerprint density at radius 1 is 1.19 bits per heavy atom. The van der Waals surface area contributed by atoms with Crippen molar-refractivity contribution < 1.29 is 9.90 Å². The first-order chi connectivity index (χ1) is 9.71. The van der Waals surface area contributed by atoms with Crippen molar-refractivity contribution in [3.05, 3.63) is 0 Å². The van der Waals surface area contributed by atoms with Crippen molar-refractivity contribution in [1.29, 1.82) is 0 Å². The minimum absolute atomic E-state index is 0.164. The topological polar surface area (TPSA) is 40.5 Å². The average molecular weight is 295 g/mol. The number of carboxylic acids is 1. The highest BCUT2D eigenvalue weighted by Gasteiger charge is 2.44. The molecule has 3 nitrogen and oxygen atoms in total. The first-order valence-corrected chi connectivity index (χ1v) is 8.70. The van der Waals surface area contributed by atoms with E-state index in [1.807, 2.05) is 0 Å². The Morgan fingerprint density at radius 3 is 2.38 bits per heavy atom. The van der Waals surface area contributed by atoms with Crippen molar-refractivity contribution in [2.75, 3.05) is 6.54 Å². The third kappa shape index (κ3) is 3.61. The predicted octanol–water partition coefficient (Wildman–Crippen LogP) is 4.02. The molecule has 122 valence electrons. The molecule has 21 heavy (non-hydrogen) atoms. The molecule has 1 saturated heterocycles. The summed E-state index contributed by atoms with van der Waals surface area (Å²) in [5, 5.41) is 9.66. The molecule has 3 heteroatoms. The van der Waals surface area contributed by atoms with Crippen LogP contribution in [0.25, 0.3) is 0 Å². The maximum Gasteiger partial charge on any atom is 0.308 e. The Kier molecular flexibility index (Phi) is 5.02. The molecule has 1 N–H and O–H groups in total. The third-order valence-electron chi connectivity index (χ3n) is 5.90. The summed E-state index contributed by atoms with van der Waals surface area (Å²) in [6.45, 7) is 12.6.